The van der Waals surface area contributed by atoms with Crippen molar-refractivity contribution >= 4 is 15.6 Å². The van der Waals surface area contributed by atoms with Crippen LogP contribution in [0.1, 0.15) is 26.7 Å². The Bertz CT molecular complexity index is 981. The van der Waals surface area contributed by atoms with E-state index in [0.717, 1.165) is 16.2 Å². The highest BCUT2D eigenvalue weighted by molar-refractivity contribution is 7.60. The average molecular weight is 494 g/mol. The Morgan fingerprint density at radius 2 is 2.00 bits per heavy atom. The number of rotatable bonds is 12. The molecule has 0 amide bonds. The summed E-state index contributed by atoms with van der Waals surface area (Å²) in [5.41, 5.74) is 5.45. The maximum atomic E-state index is 11.4. The highest BCUT2D eigenvalue weighted by Gasteiger charge is 2.37. The van der Waals surface area contributed by atoms with Crippen LogP contribution >= 0.6 is 15.6 Å². The monoisotopic (exact) mass is 494 g/mol. The Kier molecular flexibility index (Phi) is 8.96. The number of hydrogen-bond acceptors (Lipinski definition) is 10. The normalized spacial score (nSPS) is 18.8. The minimum absolute atomic E-state index is 0.212. The summed E-state index contributed by atoms with van der Waals surface area (Å²) in [6.07, 6.45) is 9.19. The van der Waals surface area contributed by atoms with Crippen molar-refractivity contribution in [2.45, 2.75) is 26.7 Å². The molecule has 1 atom stereocenters. The standard InChI is InChI=1S/C16H24N4O10P2/c1-12(8-9-28-32(26,27)30-31(23,24)25)4-3-5-13(2)10-17-14-6-7-16(20(21)22)19-15(14)11-18-29-19/h5-8,11,17-18H,3-4,9-10H2,1-2H3,(H,26,27)(H2,23,24,25). The predicted molar refractivity (Wildman–Crippen MR) is 111 cm³/mol. The predicted octanol–water partition coefficient (Wildman–Crippen LogP) is 2.08. The summed E-state index contributed by atoms with van der Waals surface area (Å²) in [7, 11) is -9.98. The molecule has 0 saturated carbocycles. The Balaban J connectivity index is 1.79. The van der Waals surface area contributed by atoms with Crippen molar-refractivity contribution < 1.29 is 42.5 Å². The summed E-state index contributed by atoms with van der Waals surface area (Å²) < 4.78 is 30.1. The van der Waals surface area contributed by atoms with Gasteiger partial charge in [-0.3, -0.25) is 4.52 Å². The minimum Gasteiger partial charge on any atom is -0.378 e. The van der Waals surface area contributed by atoms with Crippen molar-refractivity contribution in [1.29, 1.82) is 0 Å². The maximum absolute atomic E-state index is 11.4. The lowest BCUT2D eigenvalue weighted by Gasteiger charge is -2.18. The molecule has 0 aromatic carbocycles. The molecule has 178 valence electrons. The molecule has 2 rings (SSSR count). The molecule has 2 heterocycles. The van der Waals surface area contributed by atoms with Crippen molar-refractivity contribution in [1.82, 2.24) is 15.9 Å². The van der Waals surface area contributed by atoms with E-state index in [1.807, 2.05) is 13.0 Å². The van der Waals surface area contributed by atoms with E-state index in [-0.39, 0.29) is 12.4 Å². The van der Waals surface area contributed by atoms with Crippen LogP contribution < -0.4 is 10.8 Å². The average Bonchev–Trinajstić information content (AvgIpc) is 3.13. The molecule has 0 fully saturated rings. The van der Waals surface area contributed by atoms with Crippen molar-refractivity contribution in [2.75, 3.05) is 13.2 Å². The lowest BCUT2D eigenvalue weighted by Crippen LogP contribution is -2.31. The van der Waals surface area contributed by atoms with Crippen molar-refractivity contribution in [3.05, 3.63) is 69.0 Å². The molecule has 2 aliphatic heterocycles. The van der Waals surface area contributed by atoms with Crippen LogP contribution in [-0.4, -0.2) is 37.8 Å². The fourth-order valence-electron chi connectivity index (χ4n) is 2.58. The Morgan fingerprint density at radius 3 is 2.66 bits per heavy atom. The number of fused-ring (bicyclic) bond motifs is 1. The highest BCUT2D eigenvalue weighted by atomic mass is 31.3. The second kappa shape index (κ2) is 11.0. The fraction of sp³-hybridized carbons (Fsp3) is 0.375. The van der Waals surface area contributed by atoms with Crippen molar-refractivity contribution in [2.24, 2.45) is 0 Å². The van der Waals surface area contributed by atoms with Gasteiger partial charge in [-0.1, -0.05) is 28.2 Å². The molecule has 1 unspecified atom stereocenters. The molecule has 0 spiro atoms. The molecular weight excluding hydrogens is 470 g/mol. The second-order valence-electron chi connectivity index (χ2n) is 6.73. The van der Waals surface area contributed by atoms with E-state index in [2.05, 4.69) is 19.6 Å². The first kappa shape index (κ1) is 26.0. The van der Waals surface area contributed by atoms with Gasteiger partial charge in [-0.05, 0) is 42.8 Å². The molecule has 14 nitrogen and oxygen atoms in total. The van der Waals surface area contributed by atoms with E-state index in [9.17, 15) is 24.1 Å². The zero-order chi connectivity index (χ0) is 23.9. The van der Waals surface area contributed by atoms with Crippen LogP contribution in [0.2, 0.25) is 0 Å². The number of allylic oxidation sites excluding steroid dienone is 4. The zero-order valence-electron chi connectivity index (χ0n) is 17.2. The highest BCUT2D eigenvalue weighted by Crippen LogP contribution is 2.57. The number of nitrogens with one attached hydrogen (secondary N) is 2. The minimum atomic E-state index is -5.14. The Labute approximate surface area is 183 Å². The van der Waals surface area contributed by atoms with Crippen LogP contribution in [0.25, 0.3) is 0 Å². The van der Waals surface area contributed by atoms with Gasteiger partial charge in [0, 0.05) is 12.6 Å². The summed E-state index contributed by atoms with van der Waals surface area (Å²) >= 11 is 0. The lowest BCUT2D eigenvalue weighted by molar-refractivity contribution is -0.465. The molecule has 0 aromatic rings. The van der Waals surface area contributed by atoms with Gasteiger partial charge in [0.15, 0.2) is 0 Å². The van der Waals surface area contributed by atoms with E-state index >= 15 is 0 Å². The topological polar surface area (TPSA) is 193 Å². The van der Waals surface area contributed by atoms with E-state index in [4.69, 9.17) is 14.7 Å². The molecule has 0 bridgehead atoms. The van der Waals surface area contributed by atoms with E-state index in [1.165, 1.54) is 18.4 Å². The zero-order valence-corrected chi connectivity index (χ0v) is 19.0. The SMILES string of the molecule is CC(=CCOP(=O)(O)OP(=O)(O)O)CCC=C(C)CNC1=CC=C([N+](=O)[O-])N2ONC=C12. The van der Waals surface area contributed by atoms with Crippen LogP contribution in [0.3, 0.4) is 0 Å². The molecule has 5 N–H and O–H groups in total. The summed E-state index contributed by atoms with van der Waals surface area (Å²) in [4.78, 5) is 41.8. The van der Waals surface area contributed by atoms with Crippen LogP contribution in [0.15, 0.2) is 58.9 Å². The summed E-state index contributed by atoms with van der Waals surface area (Å²) in [5, 5.41) is 15.3. The van der Waals surface area contributed by atoms with Gasteiger partial charge in [0.05, 0.1) is 18.5 Å². The third-order valence-corrected chi connectivity index (χ3v) is 6.25. The smallest absolute Gasteiger partial charge is 0.378 e. The first-order valence-corrected chi connectivity index (χ1v) is 12.2. The Morgan fingerprint density at radius 1 is 1.28 bits per heavy atom. The van der Waals surface area contributed by atoms with E-state index in [0.29, 0.717) is 30.8 Å². The van der Waals surface area contributed by atoms with Crippen LogP contribution in [0.5, 0.6) is 0 Å². The van der Waals surface area contributed by atoms with Crippen LogP contribution in [-0.2, 0) is 22.9 Å². The van der Waals surface area contributed by atoms with Gasteiger partial charge in [-0.25, -0.2) is 14.6 Å². The number of nitrogens with zero attached hydrogens (tertiary/aromatic N) is 2. The quantitative estimate of drug-likeness (QED) is 0.115. The fourth-order valence-corrected chi connectivity index (χ4v) is 4.11. The third kappa shape index (κ3) is 8.34. The number of hydrogen-bond donors (Lipinski definition) is 5. The molecule has 0 radical (unpaired) electrons. The number of phosphoric acid groups is 2. The number of hydroxylamine groups is 3. The molecule has 0 aromatic heterocycles. The van der Waals surface area contributed by atoms with Crippen molar-refractivity contribution in [3.8, 4) is 0 Å². The van der Waals surface area contributed by atoms with Gasteiger partial charge in [0.2, 0.25) is 5.70 Å². The Hall–Kier alpha value is -2.28. The van der Waals surface area contributed by atoms with Crippen molar-refractivity contribution in [3.63, 3.8) is 0 Å². The molecular formula is C16H24N4O10P2. The van der Waals surface area contributed by atoms with Gasteiger partial charge in [-0.15, -0.1) is 0 Å². The summed E-state index contributed by atoms with van der Waals surface area (Å²) in [6.45, 7) is 3.82. The first-order valence-electron chi connectivity index (χ1n) is 9.17. The van der Waals surface area contributed by atoms with Crippen LogP contribution in [0.4, 0.5) is 0 Å². The number of nitro groups is 1. The van der Waals surface area contributed by atoms with Gasteiger partial charge in [0.1, 0.15) is 0 Å². The van der Waals surface area contributed by atoms with Gasteiger partial charge in [-0.2, -0.15) is 4.31 Å². The molecule has 16 heteroatoms. The molecule has 2 aliphatic rings. The largest absolute Gasteiger partial charge is 0.481 e. The van der Waals surface area contributed by atoms with E-state index < -0.39 is 20.6 Å². The van der Waals surface area contributed by atoms with Gasteiger partial charge >= 0.3 is 21.5 Å². The van der Waals surface area contributed by atoms with E-state index in [1.54, 1.807) is 13.0 Å². The maximum Gasteiger partial charge on any atom is 0.481 e. The molecule has 0 aliphatic carbocycles. The molecule has 0 saturated heterocycles. The second-order valence-corrected chi connectivity index (χ2v) is 9.55. The summed E-state index contributed by atoms with van der Waals surface area (Å²) in [5.74, 6) is -0.212. The summed E-state index contributed by atoms with van der Waals surface area (Å²) in [6, 6.07) is 0. The first-order chi connectivity index (χ1) is 14.9. The molecule has 32 heavy (non-hydrogen) atoms. The van der Waals surface area contributed by atoms with Gasteiger partial charge < -0.3 is 30.1 Å². The third-order valence-electron chi connectivity index (χ3n) is 4.10. The van der Waals surface area contributed by atoms with Crippen LogP contribution in [0, 0.1) is 10.1 Å². The number of phosphoric ester groups is 1. The lowest BCUT2D eigenvalue weighted by atomic mass is 10.1. The van der Waals surface area contributed by atoms with Gasteiger partial charge in [0.25, 0.3) is 0 Å².